The maximum absolute atomic E-state index is 9.57. The molecule has 1 atom stereocenters. The summed E-state index contributed by atoms with van der Waals surface area (Å²) < 4.78 is 16.6. The molecule has 0 radical (unpaired) electrons. The molecular formula is C10H26ClNO4Si. The molecular weight excluding hydrogens is 262 g/mol. The number of aliphatic hydroxyl groups is 1. The summed E-state index contributed by atoms with van der Waals surface area (Å²) in [7, 11) is 6.41. The van der Waals surface area contributed by atoms with E-state index in [1.807, 2.05) is 14.1 Å². The average molecular weight is 288 g/mol. The fourth-order valence-electron chi connectivity index (χ4n) is 1.45. The molecule has 0 heterocycles. The van der Waals surface area contributed by atoms with Crippen LogP contribution in [0.1, 0.15) is 13.3 Å². The lowest BCUT2D eigenvalue weighted by Gasteiger charge is -2.33. The SMILES string of the molecule is CO[Si](CCC[N+](C)(C)C(C)O)(OC)OC.[Cl-]. The Kier molecular flexibility index (Phi) is 9.72. The summed E-state index contributed by atoms with van der Waals surface area (Å²) in [6.45, 7) is 2.66. The molecule has 0 aliphatic rings. The minimum absolute atomic E-state index is 0. The van der Waals surface area contributed by atoms with E-state index in [2.05, 4.69) is 0 Å². The van der Waals surface area contributed by atoms with Crippen LogP contribution in [0.4, 0.5) is 0 Å². The van der Waals surface area contributed by atoms with E-state index in [9.17, 15) is 5.11 Å². The summed E-state index contributed by atoms with van der Waals surface area (Å²) in [5.41, 5.74) is 0. The zero-order valence-corrected chi connectivity index (χ0v) is 13.5. The van der Waals surface area contributed by atoms with Gasteiger partial charge in [0.25, 0.3) is 0 Å². The highest BCUT2D eigenvalue weighted by molar-refractivity contribution is 6.60. The van der Waals surface area contributed by atoms with Crippen LogP contribution in [-0.2, 0) is 13.3 Å². The molecule has 17 heavy (non-hydrogen) atoms. The molecule has 0 rings (SSSR count). The molecule has 1 N–H and O–H groups in total. The van der Waals surface area contributed by atoms with E-state index in [1.165, 1.54) is 0 Å². The Morgan fingerprint density at radius 1 is 1.12 bits per heavy atom. The number of aliphatic hydroxyl groups excluding tert-OH is 1. The zero-order valence-electron chi connectivity index (χ0n) is 11.7. The first-order chi connectivity index (χ1) is 7.33. The van der Waals surface area contributed by atoms with Gasteiger partial charge >= 0.3 is 8.80 Å². The number of hydrogen-bond acceptors (Lipinski definition) is 4. The second-order valence-electron chi connectivity index (χ2n) is 4.53. The van der Waals surface area contributed by atoms with Gasteiger partial charge < -0.3 is 35.3 Å². The van der Waals surface area contributed by atoms with Crippen LogP contribution in [0, 0.1) is 0 Å². The highest BCUT2D eigenvalue weighted by atomic mass is 35.5. The van der Waals surface area contributed by atoms with Gasteiger partial charge in [0.05, 0.1) is 20.6 Å². The van der Waals surface area contributed by atoms with Crippen molar-refractivity contribution in [1.29, 1.82) is 0 Å². The summed E-state index contributed by atoms with van der Waals surface area (Å²) in [5, 5.41) is 9.57. The van der Waals surface area contributed by atoms with Gasteiger partial charge in [-0.2, -0.15) is 0 Å². The van der Waals surface area contributed by atoms with Crippen LogP contribution in [0.3, 0.4) is 0 Å². The van der Waals surface area contributed by atoms with Crippen LogP contribution in [0.15, 0.2) is 0 Å². The molecule has 0 aliphatic heterocycles. The van der Waals surface area contributed by atoms with E-state index in [0.717, 1.165) is 19.0 Å². The minimum atomic E-state index is -2.44. The number of rotatable bonds is 8. The molecule has 1 unspecified atom stereocenters. The van der Waals surface area contributed by atoms with Crippen molar-refractivity contribution in [2.75, 3.05) is 42.0 Å². The van der Waals surface area contributed by atoms with Gasteiger partial charge in [-0.25, -0.2) is 0 Å². The van der Waals surface area contributed by atoms with Crippen LogP contribution >= 0.6 is 0 Å². The molecule has 0 aromatic carbocycles. The Bertz CT molecular complexity index is 192. The van der Waals surface area contributed by atoms with Gasteiger partial charge in [-0.15, -0.1) is 0 Å². The maximum atomic E-state index is 9.57. The third-order valence-electron chi connectivity index (χ3n) is 3.16. The molecule has 106 valence electrons. The van der Waals surface area contributed by atoms with Crippen LogP contribution < -0.4 is 12.4 Å². The Labute approximate surface area is 112 Å². The molecule has 0 aromatic heterocycles. The van der Waals surface area contributed by atoms with Gasteiger partial charge in [0, 0.05) is 40.7 Å². The first-order valence-corrected chi connectivity index (χ1v) is 7.43. The van der Waals surface area contributed by atoms with Crippen LogP contribution in [-0.4, -0.2) is 66.6 Å². The Hall–Kier alpha value is 0.307. The van der Waals surface area contributed by atoms with Crippen molar-refractivity contribution >= 4 is 8.80 Å². The fraction of sp³-hybridized carbons (Fsp3) is 1.00. The van der Waals surface area contributed by atoms with Crippen molar-refractivity contribution in [3.8, 4) is 0 Å². The molecule has 0 bridgehead atoms. The van der Waals surface area contributed by atoms with Gasteiger partial charge in [-0.1, -0.05) is 0 Å². The molecule has 0 saturated heterocycles. The highest BCUT2D eigenvalue weighted by Gasteiger charge is 2.38. The third-order valence-corrected chi connectivity index (χ3v) is 5.99. The van der Waals surface area contributed by atoms with E-state index in [0.29, 0.717) is 4.48 Å². The van der Waals surface area contributed by atoms with E-state index < -0.39 is 8.80 Å². The van der Waals surface area contributed by atoms with Gasteiger partial charge in [-0.05, 0) is 0 Å². The van der Waals surface area contributed by atoms with Crippen molar-refractivity contribution in [3.05, 3.63) is 0 Å². The van der Waals surface area contributed by atoms with Crippen molar-refractivity contribution in [2.45, 2.75) is 25.6 Å². The predicted molar refractivity (Wildman–Crippen MR) is 64.9 cm³/mol. The topological polar surface area (TPSA) is 47.9 Å². The monoisotopic (exact) mass is 287 g/mol. The Morgan fingerprint density at radius 2 is 1.53 bits per heavy atom. The fourth-order valence-corrected chi connectivity index (χ4v) is 3.15. The molecule has 0 amide bonds. The first-order valence-electron chi connectivity index (χ1n) is 5.50. The van der Waals surface area contributed by atoms with Crippen LogP contribution in [0.5, 0.6) is 0 Å². The van der Waals surface area contributed by atoms with Gasteiger partial charge in [0.15, 0.2) is 6.23 Å². The average Bonchev–Trinajstić information content (AvgIpc) is 2.25. The number of nitrogens with zero attached hydrogens (tertiary/aromatic N) is 1. The first kappa shape index (κ1) is 19.6. The van der Waals surface area contributed by atoms with Gasteiger partial charge in [0.1, 0.15) is 0 Å². The lowest BCUT2D eigenvalue weighted by atomic mass is 10.3. The lowest BCUT2D eigenvalue weighted by molar-refractivity contribution is -0.934. The third kappa shape index (κ3) is 6.14. The summed E-state index contributed by atoms with van der Waals surface area (Å²) in [4.78, 5) is 0. The largest absolute Gasteiger partial charge is 1.00 e. The van der Waals surface area contributed by atoms with Crippen molar-refractivity contribution in [1.82, 2.24) is 0 Å². The lowest BCUT2D eigenvalue weighted by Crippen LogP contribution is -3.00. The quantitative estimate of drug-likeness (QED) is 0.309. The van der Waals surface area contributed by atoms with E-state index in [-0.39, 0.29) is 18.6 Å². The smallest absolute Gasteiger partial charge is 0.500 e. The summed E-state index contributed by atoms with van der Waals surface area (Å²) in [6.07, 6.45) is 0.531. The molecule has 0 spiro atoms. The Morgan fingerprint density at radius 3 is 1.82 bits per heavy atom. The molecule has 0 aliphatic carbocycles. The standard InChI is InChI=1S/C10H26NO4Si.ClH/c1-10(12)11(2,3)8-7-9-16(13-4,14-5)15-6;/h10,12H,7-9H2,1-6H3;1H/q+1;/p-1. The molecule has 0 saturated carbocycles. The van der Waals surface area contributed by atoms with Crippen LogP contribution in [0.2, 0.25) is 6.04 Å². The molecule has 0 aromatic rings. The van der Waals surface area contributed by atoms with Crippen LogP contribution in [0.25, 0.3) is 0 Å². The highest BCUT2D eigenvalue weighted by Crippen LogP contribution is 2.17. The number of hydrogen-bond donors (Lipinski definition) is 1. The van der Waals surface area contributed by atoms with Crippen molar-refractivity contribution in [3.63, 3.8) is 0 Å². The number of halogens is 1. The summed E-state index contributed by atoms with van der Waals surface area (Å²) in [6, 6.07) is 0.769. The second-order valence-corrected chi connectivity index (χ2v) is 7.62. The van der Waals surface area contributed by atoms with E-state index >= 15 is 0 Å². The Balaban J connectivity index is 0. The molecule has 0 fully saturated rings. The zero-order chi connectivity index (χ0) is 12.8. The van der Waals surface area contributed by atoms with Gasteiger partial charge in [-0.3, -0.25) is 0 Å². The van der Waals surface area contributed by atoms with Crippen molar-refractivity contribution in [2.24, 2.45) is 0 Å². The summed E-state index contributed by atoms with van der Waals surface area (Å²) >= 11 is 0. The maximum Gasteiger partial charge on any atom is 0.500 e. The van der Waals surface area contributed by atoms with Crippen molar-refractivity contribution < 1.29 is 35.3 Å². The molecule has 7 heteroatoms. The van der Waals surface area contributed by atoms with E-state index in [1.54, 1.807) is 28.3 Å². The minimum Gasteiger partial charge on any atom is -1.00 e. The molecule has 5 nitrogen and oxygen atoms in total. The summed E-state index contributed by atoms with van der Waals surface area (Å²) in [5.74, 6) is 0. The second kappa shape index (κ2) is 8.42. The predicted octanol–water partition coefficient (Wildman–Crippen LogP) is -2.33. The number of quaternary nitrogens is 1. The normalized spacial score (nSPS) is 14.3. The van der Waals surface area contributed by atoms with E-state index in [4.69, 9.17) is 13.3 Å². The van der Waals surface area contributed by atoms with Gasteiger partial charge in [0.2, 0.25) is 0 Å².